The molecule has 14 heavy (non-hydrogen) atoms. The van der Waals surface area contributed by atoms with Gasteiger partial charge in [-0.1, -0.05) is 26.2 Å². The summed E-state index contributed by atoms with van der Waals surface area (Å²) in [6.07, 6.45) is 5.84. The molecule has 4 heteroatoms. The third kappa shape index (κ3) is 5.26. The second-order valence-electron chi connectivity index (χ2n) is 3.53. The van der Waals surface area contributed by atoms with Gasteiger partial charge in [-0.15, -0.1) is 5.70 Å². The summed E-state index contributed by atoms with van der Waals surface area (Å²) >= 11 is 0. The maximum atomic E-state index is 5.91. The molecule has 0 aliphatic heterocycles. The first-order valence-corrected chi connectivity index (χ1v) is 4.65. The number of hydrogen-bond acceptors (Lipinski definition) is 2. The molecule has 0 spiro atoms. The van der Waals surface area contributed by atoms with Gasteiger partial charge in [0.1, 0.15) is 0 Å². The quantitative estimate of drug-likeness (QED) is 0.381. The first kappa shape index (κ1) is 17.5. The van der Waals surface area contributed by atoms with Gasteiger partial charge in [0.25, 0.3) is 0 Å². The number of nitrogens with two attached hydrogens (primary N) is 2. The van der Waals surface area contributed by atoms with E-state index in [0.717, 1.165) is 17.8 Å². The largest absolute Gasteiger partial charge is 1.00 e. The van der Waals surface area contributed by atoms with Crippen LogP contribution in [0.2, 0.25) is 0 Å². The minimum atomic E-state index is 0. The van der Waals surface area contributed by atoms with Crippen molar-refractivity contribution in [2.24, 2.45) is 17.5 Å². The molecule has 0 aromatic rings. The Morgan fingerprint density at radius 3 is 2.50 bits per heavy atom. The molecule has 0 aromatic heterocycles. The zero-order valence-electron chi connectivity index (χ0n) is 9.71. The Hall–Kier alpha value is 1.11. The van der Waals surface area contributed by atoms with Gasteiger partial charge in [0.05, 0.1) is 0 Å². The van der Waals surface area contributed by atoms with Crippen molar-refractivity contribution < 1.29 is 58.2 Å². The Balaban J connectivity index is 0. The van der Waals surface area contributed by atoms with Crippen LogP contribution in [0.25, 0.3) is 5.43 Å². The van der Waals surface area contributed by atoms with E-state index < -0.39 is 0 Å². The smallest absolute Gasteiger partial charge is 0.627 e. The molecule has 1 aliphatic carbocycles. The van der Waals surface area contributed by atoms with Crippen LogP contribution < -0.4 is 69.8 Å². The van der Waals surface area contributed by atoms with E-state index in [-0.39, 0.29) is 65.6 Å². The zero-order valence-corrected chi connectivity index (χ0v) is 14.6. The fourth-order valence-electron chi connectivity index (χ4n) is 1.64. The minimum absolute atomic E-state index is 0. The Bertz CT molecular complexity index is 180. The number of rotatable bonds is 1. The van der Waals surface area contributed by atoms with E-state index in [1.165, 1.54) is 25.7 Å². The molecule has 1 aliphatic rings. The third-order valence-corrected chi connectivity index (χ3v) is 2.57. The maximum Gasteiger partial charge on any atom is 1.00 e. The molecular formula is C10H21N3Rb-. The van der Waals surface area contributed by atoms with E-state index in [1.54, 1.807) is 0 Å². The molecule has 1 unspecified atom stereocenters. The van der Waals surface area contributed by atoms with Crippen molar-refractivity contribution >= 4 is 0 Å². The van der Waals surface area contributed by atoms with Crippen LogP contribution in [0.15, 0.2) is 11.4 Å². The van der Waals surface area contributed by atoms with Crippen LogP contribution in [-0.2, 0) is 0 Å². The second-order valence-corrected chi connectivity index (χ2v) is 3.53. The zero-order chi connectivity index (χ0) is 8.97. The Labute approximate surface area is 137 Å². The molecule has 1 rings (SSSR count). The Morgan fingerprint density at radius 1 is 1.29 bits per heavy atom. The summed E-state index contributed by atoms with van der Waals surface area (Å²) in [4.78, 5) is 0. The Morgan fingerprint density at radius 2 is 1.93 bits per heavy atom. The van der Waals surface area contributed by atoms with Crippen LogP contribution in [0.3, 0.4) is 0 Å². The molecular weight excluding hydrogens is 248 g/mol. The minimum Gasteiger partial charge on any atom is -0.627 e. The summed E-state index contributed by atoms with van der Waals surface area (Å²) in [6, 6.07) is 0. The van der Waals surface area contributed by atoms with Gasteiger partial charge in [-0.05, 0) is 24.5 Å². The van der Waals surface area contributed by atoms with Crippen LogP contribution in [0.1, 0.15) is 39.0 Å². The third-order valence-electron chi connectivity index (χ3n) is 2.57. The number of hydrogen-bond donors (Lipinski definition) is 2. The predicted molar refractivity (Wildman–Crippen MR) is 57.4 cm³/mol. The van der Waals surface area contributed by atoms with E-state index in [1.807, 2.05) is 0 Å². The molecule has 0 radical (unpaired) electrons. The summed E-state index contributed by atoms with van der Waals surface area (Å²) in [5.41, 5.74) is 11.5. The van der Waals surface area contributed by atoms with Gasteiger partial charge in [0.15, 0.2) is 0 Å². The van der Waals surface area contributed by atoms with Crippen molar-refractivity contribution in [1.29, 1.82) is 0 Å². The number of nitrogens with zero attached hydrogens (tertiary/aromatic N) is 1. The van der Waals surface area contributed by atoms with Gasteiger partial charge in [-0.3, -0.25) is 0 Å². The molecule has 0 amide bonds. The summed E-state index contributed by atoms with van der Waals surface area (Å²) in [5, 5.41) is 0. The molecule has 0 heterocycles. The first-order valence-electron chi connectivity index (χ1n) is 4.65. The van der Waals surface area contributed by atoms with Gasteiger partial charge in [0.2, 0.25) is 0 Å². The second kappa shape index (κ2) is 9.34. The van der Waals surface area contributed by atoms with Crippen molar-refractivity contribution in [2.75, 3.05) is 0 Å². The van der Waals surface area contributed by atoms with Crippen LogP contribution in [0.4, 0.5) is 0 Å². The molecule has 0 saturated heterocycles. The maximum absolute atomic E-state index is 5.91. The van der Waals surface area contributed by atoms with Crippen molar-refractivity contribution in [2.45, 2.75) is 39.0 Å². The van der Waals surface area contributed by atoms with E-state index in [2.05, 4.69) is 12.3 Å². The average molecular weight is 269 g/mol. The van der Waals surface area contributed by atoms with E-state index >= 15 is 0 Å². The van der Waals surface area contributed by atoms with Gasteiger partial charge >= 0.3 is 58.2 Å². The van der Waals surface area contributed by atoms with Crippen molar-refractivity contribution in [3.8, 4) is 0 Å². The monoisotopic (exact) mass is 268 g/mol. The first-order chi connectivity index (χ1) is 5.75. The van der Waals surface area contributed by atoms with Crippen molar-refractivity contribution in [3.05, 3.63) is 24.2 Å². The fourth-order valence-corrected chi connectivity index (χ4v) is 1.64. The SMILES string of the molecule is CC1CCCCC/C([N-]N)=C\1N.[CH3-].[Rb+]. The molecule has 3 nitrogen and oxygen atoms in total. The van der Waals surface area contributed by atoms with E-state index in [4.69, 9.17) is 11.6 Å². The molecule has 0 bridgehead atoms. The average Bonchev–Trinajstić information content (AvgIpc) is 2.07. The van der Waals surface area contributed by atoms with Crippen molar-refractivity contribution in [3.63, 3.8) is 0 Å². The van der Waals surface area contributed by atoms with Crippen LogP contribution in [0, 0.1) is 13.3 Å². The topological polar surface area (TPSA) is 66.1 Å². The van der Waals surface area contributed by atoms with Gasteiger partial charge in [-0.25, -0.2) is 0 Å². The predicted octanol–water partition coefficient (Wildman–Crippen LogP) is -0.541. The van der Waals surface area contributed by atoms with Crippen LogP contribution in [0.5, 0.6) is 0 Å². The Kier molecular flexibility index (Phi) is 11.7. The fraction of sp³-hybridized carbons (Fsp3) is 0.700. The van der Waals surface area contributed by atoms with Crippen molar-refractivity contribution in [1.82, 2.24) is 0 Å². The summed E-state index contributed by atoms with van der Waals surface area (Å²) < 4.78 is 0. The van der Waals surface area contributed by atoms with Crippen LogP contribution >= 0.6 is 0 Å². The molecule has 0 aromatic carbocycles. The molecule has 0 saturated carbocycles. The molecule has 4 N–H and O–H groups in total. The molecule has 0 fully saturated rings. The van der Waals surface area contributed by atoms with E-state index in [0.29, 0.717) is 5.92 Å². The van der Waals surface area contributed by atoms with Gasteiger partial charge in [-0.2, -0.15) is 0 Å². The normalized spacial score (nSPS) is 27.7. The van der Waals surface area contributed by atoms with Gasteiger partial charge in [0, 0.05) is 0 Å². The van der Waals surface area contributed by atoms with Crippen LogP contribution in [-0.4, -0.2) is 0 Å². The van der Waals surface area contributed by atoms with E-state index in [9.17, 15) is 0 Å². The molecule has 78 valence electrons. The summed E-state index contributed by atoms with van der Waals surface area (Å²) in [5.74, 6) is 5.71. The molecule has 1 atom stereocenters. The van der Waals surface area contributed by atoms with Gasteiger partial charge < -0.3 is 24.4 Å². The summed E-state index contributed by atoms with van der Waals surface area (Å²) in [6.45, 7) is 2.14. The standard InChI is InChI=1S/C9H18N3.CH3.Rb/c1-7-5-3-2-4-6-8(12-11)9(7)10;;/h7H,2-6,10-11H2,1H3;1H3;/q2*-1;+1/b9-8-;;. The number of allylic oxidation sites excluding steroid dienone is 2. The summed E-state index contributed by atoms with van der Waals surface area (Å²) in [7, 11) is 0.